The van der Waals surface area contributed by atoms with Crippen molar-refractivity contribution in [3.8, 4) is 0 Å². The molecule has 3 aliphatic heterocycles. The van der Waals surface area contributed by atoms with Crippen molar-refractivity contribution in [3.05, 3.63) is 140 Å². The predicted molar refractivity (Wildman–Crippen MR) is 461 cm³/mol. The molecule has 582 valence electrons. The van der Waals surface area contributed by atoms with Gasteiger partial charge in [-0.1, -0.05) is 190 Å². The zero-order valence-electron chi connectivity index (χ0n) is 64.0. The van der Waals surface area contributed by atoms with E-state index in [0.29, 0.717) is 49.5 Å². The third-order valence-corrected chi connectivity index (χ3v) is 23.9. The molecule has 4 aromatic rings. The van der Waals surface area contributed by atoms with Crippen LogP contribution in [0.5, 0.6) is 0 Å². The first kappa shape index (κ1) is 104. The van der Waals surface area contributed by atoms with Crippen LogP contribution >= 0.6 is 117 Å². The van der Waals surface area contributed by atoms with Gasteiger partial charge in [-0.3, -0.25) is 33.7 Å². The molecule has 102 heavy (non-hydrogen) atoms. The highest BCUT2D eigenvalue weighted by Gasteiger charge is 2.42. The minimum atomic E-state index is -1.67. The first-order valence-corrected chi connectivity index (χ1v) is 42.6. The average Bonchev–Trinajstić information content (AvgIpc) is 0.802. The molecule has 7 rings (SSSR count). The van der Waals surface area contributed by atoms with E-state index in [-0.39, 0.29) is 87.4 Å². The van der Waals surface area contributed by atoms with E-state index in [4.69, 9.17) is 20.9 Å². The summed E-state index contributed by atoms with van der Waals surface area (Å²) in [5.41, 5.74) is 14.8. The molecule has 4 aromatic carbocycles. The summed E-state index contributed by atoms with van der Waals surface area (Å²) in [6.07, 6.45) is 21.5. The van der Waals surface area contributed by atoms with Crippen LogP contribution in [-0.4, -0.2) is 142 Å². The lowest BCUT2D eigenvalue weighted by atomic mass is 9.91. The van der Waals surface area contributed by atoms with Crippen LogP contribution in [0.25, 0.3) is 0 Å². The third kappa shape index (κ3) is 37.0. The summed E-state index contributed by atoms with van der Waals surface area (Å²) in [6.45, 7) is 43.0. The summed E-state index contributed by atoms with van der Waals surface area (Å²) in [7, 11) is 7.36. The number of carboxylic acid groups (broad SMARTS) is 1. The van der Waals surface area contributed by atoms with Crippen molar-refractivity contribution >= 4 is 161 Å². The van der Waals surface area contributed by atoms with Crippen molar-refractivity contribution in [1.29, 1.82) is 0 Å². The van der Waals surface area contributed by atoms with Crippen LogP contribution in [0.1, 0.15) is 239 Å². The van der Waals surface area contributed by atoms with E-state index in [0.717, 1.165) is 67.2 Å². The van der Waals surface area contributed by atoms with Gasteiger partial charge in [0.05, 0.1) is 55.0 Å². The molecule has 3 fully saturated rings. The summed E-state index contributed by atoms with van der Waals surface area (Å²) in [5.74, 6) is 0.796. The highest BCUT2D eigenvalue weighted by atomic mass is 127. The van der Waals surface area contributed by atoms with E-state index in [1.807, 2.05) is 26.8 Å². The highest BCUT2D eigenvalue weighted by Crippen LogP contribution is 2.31. The quantitative estimate of drug-likeness (QED) is 0.0267. The number of likely N-dealkylation sites (tertiary alicyclic amines) is 3. The van der Waals surface area contributed by atoms with Crippen LogP contribution in [-0.2, 0) is 63.7 Å². The number of hydrogen-bond acceptors (Lipinski definition) is 8. The Hall–Kier alpha value is -1.94. The number of alkyl halides is 3. The number of halogens is 8. The van der Waals surface area contributed by atoms with Gasteiger partial charge in [-0.15, -0.1) is 36.4 Å². The Bertz CT molecular complexity index is 2890. The lowest BCUT2D eigenvalue weighted by Crippen LogP contribution is -2.61. The third-order valence-electron chi connectivity index (χ3n) is 20.1. The Morgan fingerprint density at radius 2 is 0.706 bits per heavy atom. The second-order valence-corrected chi connectivity index (χ2v) is 33.5. The number of quaternary nitrogens is 2. The number of carbonyl (C=O) groups excluding carboxylic acids is 5. The molecule has 6 unspecified atom stereocenters. The van der Waals surface area contributed by atoms with Gasteiger partial charge < -0.3 is 14.1 Å². The van der Waals surface area contributed by atoms with Crippen LogP contribution in [0.4, 0.5) is 0 Å². The standard InChI is InChI=1S/2C21H34NO.C18H27NO.C13H17BrO.C4H6BrClO.C4H7BrO2.CH4.Cl2OS.ClH.HI/c2*1-5-13-22(14-8-7-9-15-22)20(6-2)21(23)16-19-17(3)11-10-12-18(19)4;1-4-17(19-11-6-5-7-12-19)18(20)13-16-14(2)9-8-10-15(16)3;1-4-12(14)13(15)8-11-9(2)6-5-7-10(11)3;2*1-2-3(5)4(6)7;;1-4(2)3;;/h2*10-12,20H,5-9,13-16H2,1-4H3;8-10,17H,4-7,11-13H2,1-3H3;5-7,12H,4,8H2,1-3H3;3H,2H2,1H3;3H,2H2,1H3,(H,6,7);1H4;;2*1H/q2*+1;;;;;;;;. The van der Waals surface area contributed by atoms with Crippen molar-refractivity contribution in [3.63, 3.8) is 0 Å². The van der Waals surface area contributed by atoms with Gasteiger partial charge in [0.2, 0.25) is 14.5 Å². The number of hydrogen-bond donors (Lipinski definition) is 1. The zero-order valence-corrected chi connectivity index (χ0v) is 75.0. The van der Waals surface area contributed by atoms with Crippen LogP contribution in [0.3, 0.4) is 0 Å². The maximum atomic E-state index is 13.2. The number of benzene rings is 4. The van der Waals surface area contributed by atoms with E-state index in [1.54, 1.807) is 0 Å². The van der Waals surface area contributed by atoms with Gasteiger partial charge in [0.15, 0.2) is 23.1 Å². The molecule has 0 aliphatic carbocycles. The summed E-state index contributed by atoms with van der Waals surface area (Å²) in [4.78, 5) is 72.8. The monoisotopic (exact) mass is 1820 g/mol. The molecule has 20 heteroatoms. The first-order valence-electron chi connectivity index (χ1n) is 36.7. The van der Waals surface area contributed by atoms with Crippen LogP contribution in [0.2, 0.25) is 0 Å². The molecule has 3 saturated heterocycles. The lowest BCUT2D eigenvalue weighted by molar-refractivity contribution is -0.947. The maximum Gasteiger partial charge on any atom is 0.317 e. The highest BCUT2D eigenvalue weighted by molar-refractivity contribution is 14.0. The molecular weight excluding hydrogens is 1700 g/mol. The fourth-order valence-corrected chi connectivity index (χ4v) is 14.9. The Balaban J connectivity index is -0.00000118. The lowest BCUT2D eigenvalue weighted by Gasteiger charge is -2.46. The number of Topliss-reactive ketones (excluding diaryl/α,β-unsaturated/α-hetero) is 4. The van der Waals surface area contributed by atoms with Crippen LogP contribution in [0, 0.1) is 55.4 Å². The smallest absolute Gasteiger partial charge is 0.317 e. The maximum absolute atomic E-state index is 13.2. The van der Waals surface area contributed by atoms with E-state index in [9.17, 15) is 28.8 Å². The minimum absolute atomic E-state index is 0. The average molecular weight is 1830 g/mol. The molecule has 0 bridgehead atoms. The van der Waals surface area contributed by atoms with Crippen molar-refractivity contribution in [1.82, 2.24) is 4.90 Å². The van der Waals surface area contributed by atoms with Gasteiger partial charge in [-0.05, 0) is 237 Å². The number of ketones is 4. The van der Waals surface area contributed by atoms with Crippen molar-refractivity contribution < 1.29 is 47.0 Å². The van der Waals surface area contributed by atoms with Gasteiger partial charge in [-0.25, -0.2) is 4.21 Å². The van der Waals surface area contributed by atoms with Gasteiger partial charge in [0.25, 0.3) is 0 Å². The number of aryl methyl sites for hydroxylation is 8. The zero-order chi connectivity index (χ0) is 75.0. The molecule has 3 heterocycles. The first-order chi connectivity index (χ1) is 46.9. The Kier molecular flexibility index (Phi) is 58.4. The van der Waals surface area contributed by atoms with Crippen molar-refractivity contribution in [2.75, 3.05) is 52.4 Å². The Morgan fingerprint density at radius 3 is 0.922 bits per heavy atom. The number of nitrogens with zero attached hydrogens (tertiary/aromatic N) is 3. The molecule has 0 amide bonds. The number of aliphatic carboxylic acids is 1. The van der Waals surface area contributed by atoms with E-state index >= 15 is 0 Å². The van der Waals surface area contributed by atoms with Gasteiger partial charge in [-0.2, -0.15) is 0 Å². The topological polar surface area (TPSA) is 143 Å². The minimum Gasteiger partial charge on any atom is -0.480 e. The van der Waals surface area contributed by atoms with Crippen LogP contribution in [0.15, 0.2) is 72.8 Å². The molecule has 0 saturated carbocycles. The SMILES string of the molecule is C.CCC(Br)C(=O)Cc1c(C)cccc1C.CCC(Br)C(=O)Cl.CCC(Br)C(=O)O.CCC(C(=O)Cc1c(C)cccc1C)N1CCCCC1.CCC[N+]1(C(CC)C(=O)Cc2c(C)cccc2C)CCCCC1.CCC[N+]1(C(CC)C(=O)Cc2c(C)cccc2C)CCCCC1.Cl.I.O=S(Cl)Cl. The van der Waals surface area contributed by atoms with Crippen molar-refractivity contribution in [2.45, 2.75) is 286 Å². The molecule has 3 aliphatic rings. The Labute approximate surface area is 683 Å². The predicted octanol–water partition coefficient (Wildman–Crippen LogP) is 22.4. The normalized spacial score (nSPS) is 16.0. The number of rotatable bonds is 27. The molecule has 0 radical (unpaired) electrons. The summed E-state index contributed by atoms with van der Waals surface area (Å²) < 4.78 is 11.2. The van der Waals surface area contributed by atoms with Gasteiger partial charge in [0, 0.05) is 59.9 Å². The summed E-state index contributed by atoms with van der Waals surface area (Å²) in [6, 6.07) is 25.6. The molecular formula is C82H131Br3Cl4IN3O8S+2. The molecule has 1 N–H and O–H groups in total. The number of carbonyl (C=O) groups is 6. The van der Waals surface area contributed by atoms with E-state index in [2.05, 4.69) is 231 Å². The second kappa shape index (κ2) is 57.2. The Morgan fingerprint density at radius 1 is 0.441 bits per heavy atom. The summed E-state index contributed by atoms with van der Waals surface area (Å²) in [5, 5.41) is 7.82. The fraction of sp³-hybridized carbons (Fsp3) is 0.634. The molecule has 0 aromatic heterocycles. The molecule has 11 nitrogen and oxygen atoms in total. The second-order valence-electron chi connectivity index (χ2n) is 27.3. The fourth-order valence-electron chi connectivity index (χ4n) is 14.6. The molecule has 0 spiro atoms. The molecule has 6 atom stereocenters. The van der Waals surface area contributed by atoms with E-state index < -0.39 is 15.2 Å². The van der Waals surface area contributed by atoms with Crippen LogP contribution < -0.4 is 0 Å². The van der Waals surface area contributed by atoms with Gasteiger partial charge >= 0.3 is 5.97 Å². The number of carboxylic acids is 1. The number of piperidine rings is 3. The van der Waals surface area contributed by atoms with E-state index in [1.165, 1.54) is 164 Å². The van der Waals surface area contributed by atoms with Gasteiger partial charge in [0.1, 0.15) is 16.9 Å². The largest absolute Gasteiger partial charge is 0.480 e. The summed E-state index contributed by atoms with van der Waals surface area (Å²) >= 11 is 14.4. The van der Waals surface area contributed by atoms with Crippen molar-refractivity contribution in [2.24, 2.45) is 0 Å².